The predicted octanol–water partition coefficient (Wildman–Crippen LogP) is 5.34. The molecule has 0 unspecified atom stereocenters. The lowest BCUT2D eigenvalue weighted by atomic mass is 9.83. The number of fused-ring (bicyclic) bond motifs is 1. The molecule has 198 valence electrons. The number of primary amides is 1. The third-order valence-corrected chi connectivity index (χ3v) is 7.94. The number of imidazole rings is 1. The molecule has 2 aliphatic rings. The minimum atomic E-state index is -0.722. The summed E-state index contributed by atoms with van der Waals surface area (Å²) in [6.07, 6.45) is 7.47. The van der Waals surface area contributed by atoms with Gasteiger partial charge in [0.25, 0.3) is 0 Å². The summed E-state index contributed by atoms with van der Waals surface area (Å²) in [6.45, 7) is 1.85. The van der Waals surface area contributed by atoms with Gasteiger partial charge in [-0.3, -0.25) is 9.36 Å². The van der Waals surface area contributed by atoms with Crippen molar-refractivity contribution in [3.63, 3.8) is 0 Å². The van der Waals surface area contributed by atoms with Crippen molar-refractivity contribution in [2.24, 2.45) is 11.7 Å². The van der Waals surface area contributed by atoms with Crippen LogP contribution < -0.4 is 16.4 Å². The number of anilines is 3. The maximum absolute atomic E-state index is 14.8. The van der Waals surface area contributed by atoms with E-state index >= 15 is 0 Å². The molecule has 3 aromatic rings. The molecule has 2 aromatic heterocycles. The van der Waals surface area contributed by atoms with Gasteiger partial charge in [-0.15, -0.1) is 0 Å². The summed E-state index contributed by atoms with van der Waals surface area (Å²) in [5, 5.41) is 17.2. The number of amides is 1. The quantitative estimate of drug-likeness (QED) is 0.326. The minimum absolute atomic E-state index is 0.0446. The number of carbonyl (C=O) groups excluding carboxylic acids is 1. The van der Waals surface area contributed by atoms with E-state index in [1.165, 1.54) is 12.1 Å². The van der Waals surface area contributed by atoms with Gasteiger partial charge in [-0.2, -0.15) is 4.98 Å². The molecule has 0 spiro atoms. The minimum Gasteiger partial charge on any atom is -0.390 e. The van der Waals surface area contributed by atoms with Gasteiger partial charge in [-0.1, -0.05) is 23.2 Å². The number of halogens is 3. The Balaban J connectivity index is 1.51. The maximum atomic E-state index is 14.8. The van der Waals surface area contributed by atoms with Gasteiger partial charge in [0.2, 0.25) is 17.8 Å². The fourth-order valence-corrected chi connectivity index (χ4v) is 6.07. The Hall–Kier alpha value is -2.69. The van der Waals surface area contributed by atoms with Gasteiger partial charge in [0.05, 0.1) is 22.5 Å². The number of carbonyl (C=O) groups is 1. The standard InChI is InChI=1S/C25H30Cl2FN7O2/c1-25(37)8-2-3-15(11-25)31-23-30-12-19-22(34-23)35(16-6-4-13(5-7-16)21(29)36)24(32-19)33-20-17(27)9-14(26)10-18(20)28/h9-10,12-13,15-16,37H,2-8,11H2,1H3,(H2,29,36)(H,32,33)(H,30,31,34)/t13-,15-,16-,25+/m1/s1. The average Bonchev–Trinajstić information content (AvgIpc) is 3.18. The van der Waals surface area contributed by atoms with Crippen molar-refractivity contribution in [2.45, 2.75) is 76.0 Å². The van der Waals surface area contributed by atoms with Crippen LogP contribution in [-0.2, 0) is 4.79 Å². The molecule has 37 heavy (non-hydrogen) atoms. The van der Waals surface area contributed by atoms with Crippen LogP contribution in [0.3, 0.4) is 0 Å². The normalized spacial score (nSPS) is 26.2. The van der Waals surface area contributed by atoms with Gasteiger partial charge in [0.1, 0.15) is 11.3 Å². The van der Waals surface area contributed by atoms with Crippen molar-refractivity contribution in [1.82, 2.24) is 19.5 Å². The number of rotatable bonds is 6. The number of nitrogens with two attached hydrogens (primary N) is 1. The molecule has 1 aromatic carbocycles. The maximum Gasteiger partial charge on any atom is 0.224 e. The molecule has 0 aliphatic heterocycles. The molecule has 2 fully saturated rings. The number of aliphatic hydroxyl groups is 1. The molecule has 9 nitrogen and oxygen atoms in total. The first-order valence-electron chi connectivity index (χ1n) is 12.5. The van der Waals surface area contributed by atoms with Crippen molar-refractivity contribution in [3.05, 3.63) is 34.2 Å². The van der Waals surface area contributed by atoms with Crippen molar-refractivity contribution in [2.75, 3.05) is 10.6 Å². The molecule has 0 bridgehead atoms. The van der Waals surface area contributed by atoms with E-state index in [0.717, 1.165) is 19.3 Å². The summed E-state index contributed by atoms with van der Waals surface area (Å²) in [6, 6.07) is 2.64. The zero-order valence-corrected chi connectivity index (χ0v) is 22.0. The largest absolute Gasteiger partial charge is 0.390 e. The number of hydrogen-bond acceptors (Lipinski definition) is 7. The summed E-state index contributed by atoms with van der Waals surface area (Å²) in [5.41, 5.74) is 5.99. The van der Waals surface area contributed by atoms with E-state index in [4.69, 9.17) is 33.9 Å². The molecule has 2 atom stereocenters. The topological polar surface area (TPSA) is 131 Å². The van der Waals surface area contributed by atoms with Crippen LogP contribution in [0.25, 0.3) is 11.2 Å². The average molecular weight is 550 g/mol. The Kier molecular flexibility index (Phi) is 7.17. The van der Waals surface area contributed by atoms with Crippen LogP contribution in [-0.4, -0.2) is 42.2 Å². The zero-order valence-electron chi connectivity index (χ0n) is 20.5. The fourth-order valence-electron chi connectivity index (χ4n) is 5.56. The fraction of sp³-hybridized carbons (Fsp3) is 0.520. The van der Waals surface area contributed by atoms with E-state index in [2.05, 4.69) is 20.6 Å². The van der Waals surface area contributed by atoms with E-state index in [0.29, 0.717) is 55.2 Å². The number of benzene rings is 1. The predicted molar refractivity (Wildman–Crippen MR) is 142 cm³/mol. The van der Waals surface area contributed by atoms with Gasteiger partial charge in [0.15, 0.2) is 5.65 Å². The molecule has 2 saturated carbocycles. The summed E-state index contributed by atoms with van der Waals surface area (Å²) in [5.74, 6) is -0.264. The Morgan fingerprint density at radius 1 is 1.22 bits per heavy atom. The van der Waals surface area contributed by atoms with Crippen molar-refractivity contribution in [1.29, 1.82) is 0 Å². The molecule has 5 rings (SSSR count). The van der Waals surface area contributed by atoms with Crippen LogP contribution in [0.2, 0.25) is 10.0 Å². The van der Waals surface area contributed by atoms with E-state index in [-0.39, 0.29) is 39.6 Å². The Labute approximate surface area is 224 Å². The highest BCUT2D eigenvalue weighted by atomic mass is 35.5. The summed E-state index contributed by atoms with van der Waals surface area (Å²) < 4.78 is 16.7. The van der Waals surface area contributed by atoms with E-state index in [1.54, 1.807) is 6.20 Å². The Morgan fingerprint density at radius 3 is 2.65 bits per heavy atom. The lowest BCUT2D eigenvalue weighted by Crippen LogP contribution is -2.38. The molecular weight excluding hydrogens is 520 g/mol. The number of hydrogen-bond donors (Lipinski definition) is 4. The molecular formula is C25H30Cl2FN7O2. The third-order valence-electron chi connectivity index (χ3n) is 7.43. The SMILES string of the molecule is C[C@]1(O)CCC[C@@H](Nc2ncc3nc(Nc4c(F)cc(Cl)cc4Cl)n([C@H]4CC[C@H](C(N)=O)CC4)c3n2)C1. The molecule has 5 N–H and O–H groups in total. The first kappa shape index (κ1) is 25.9. The summed E-state index contributed by atoms with van der Waals surface area (Å²) in [7, 11) is 0. The van der Waals surface area contributed by atoms with Gasteiger partial charge >= 0.3 is 0 Å². The highest BCUT2D eigenvalue weighted by Crippen LogP contribution is 2.39. The number of aromatic nitrogens is 4. The lowest BCUT2D eigenvalue weighted by Gasteiger charge is -2.34. The molecule has 0 radical (unpaired) electrons. The van der Waals surface area contributed by atoms with Gasteiger partial charge in [-0.25, -0.2) is 14.4 Å². The summed E-state index contributed by atoms with van der Waals surface area (Å²) >= 11 is 12.2. The molecule has 2 heterocycles. The van der Waals surface area contributed by atoms with Gasteiger partial charge in [-0.05, 0) is 70.4 Å². The first-order chi connectivity index (χ1) is 17.6. The van der Waals surface area contributed by atoms with Gasteiger partial charge in [0, 0.05) is 23.0 Å². The van der Waals surface area contributed by atoms with Crippen molar-refractivity contribution >= 4 is 57.9 Å². The monoisotopic (exact) mass is 549 g/mol. The number of nitrogens with one attached hydrogen (secondary N) is 2. The van der Waals surface area contributed by atoms with Gasteiger partial charge < -0.3 is 21.5 Å². The van der Waals surface area contributed by atoms with Crippen molar-refractivity contribution < 1.29 is 14.3 Å². The second-order valence-electron chi connectivity index (χ2n) is 10.4. The first-order valence-corrected chi connectivity index (χ1v) is 13.3. The van der Waals surface area contributed by atoms with E-state index < -0.39 is 11.4 Å². The second kappa shape index (κ2) is 10.2. The second-order valence-corrected chi connectivity index (χ2v) is 11.3. The highest BCUT2D eigenvalue weighted by Gasteiger charge is 2.32. The van der Waals surface area contributed by atoms with Crippen LogP contribution >= 0.6 is 23.2 Å². The smallest absolute Gasteiger partial charge is 0.224 e. The van der Waals surface area contributed by atoms with Crippen LogP contribution in [0.4, 0.5) is 22.0 Å². The molecule has 1 amide bonds. The summed E-state index contributed by atoms with van der Waals surface area (Å²) in [4.78, 5) is 25.6. The van der Waals surface area contributed by atoms with Crippen LogP contribution in [0.5, 0.6) is 0 Å². The molecule has 0 saturated heterocycles. The Morgan fingerprint density at radius 2 is 1.97 bits per heavy atom. The lowest BCUT2D eigenvalue weighted by molar-refractivity contribution is -0.122. The zero-order chi connectivity index (χ0) is 26.3. The Bertz CT molecular complexity index is 1300. The molecule has 2 aliphatic carbocycles. The van der Waals surface area contributed by atoms with Crippen molar-refractivity contribution in [3.8, 4) is 0 Å². The third kappa shape index (κ3) is 5.61. The van der Waals surface area contributed by atoms with E-state index in [9.17, 15) is 14.3 Å². The van der Waals surface area contributed by atoms with Crippen LogP contribution in [0.15, 0.2) is 18.3 Å². The number of nitrogens with zero attached hydrogens (tertiary/aromatic N) is 4. The van der Waals surface area contributed by atoms with E-state index in [1.807, 2.05) is 11.5 Å². The van der Waals surface area contributed by atoms with Crippen LogP contribution in [0, 0.1) is 11.7 Å². The highest BCUT2D eigenvalue weighted by molar-refractivity contribution is 6.36. The van der Waals surface area contributed by atoms with Crippen LogP contribution in [0.1, 0.15) is 64.3 Å². The molecule has 12 heteroatoms.